The third kappa shape index (κ3) is 1.67. The molecule has 1 aliphatic carbocycles. The molecule has 0 bridgehead atoms. The topological polar surface area (TPSA) is 0 Å². The van der Waals surface area contributed by atoms with Crippen LogP contribution in [0.15, 0.2) is 30.3 Å². The standard InChI is InChI=1S/C13H16Si.Li.H/c1-14(9-4-10-14)13-8-7-11-5-2-3-6-12(11)13;;/h2-3,5-8,13H,4,9-10H2,1H3;;. The van der Waals surface area contributed by atoms with Crippen LogP contribution in [0, 0.1) is 0 Å². The zero-order valence-electron chi connectivity index (χ0n) is 8.66. The van der Waals surface area contributed by atoms with Gasteiger partial charge in [0.1, 0.15) is 0 Å². The first kappa shape index (κ1) is 11.3. The zero-order valence-corrected chi connectivity index (χ0v) is 9.66. The molecular formula is C13H17LiSi. The van der Waals surface area contributed by atoms with Crippen molar-refractivity contribution in [2.45, 2.75) is 30.6 Å². The Morgan fingerprint density at radius 1 is 1.20 bits per heavy atom. The van der Waals surface area contributed by atoms with Gasteiger partial charge in [-0.2, -0.15) is 0 Å². The van der Waals surface area contributed by atoms with Crippen molar-refractivity contribution in [1.82, 2.24) is 0 Å². The molecule has 1 aromatic rings. The van der Waals surface area contributed by atoms with E-state index in [0.717, 1.165) is 5.54 Å². The first-order valence-electron chi connectivity index (χ1n) is 5.57. The average Bonchev–Trinajstić information content (AvgIpc) is 2.58. The van der Waals surface area contributed by atoms with Crippen LogP contribution in [-0.2, 0) is 0 Å². The van der Waals surface area contributed by atoms with E-state index in [0.29, 0.717) is 0 Å². The summed E-state index contributed by atoms with van der Waals surface area (Å²) in [7, 11) is -0.902. The van der Waals surface area contributed by atoms with E-state index in [4.69, 9.17) is 0 Å². The zero-order chi connectivity index (χ0) is 9.60. The minimum atomic E-state index is -0.902. The van der Waals surface area contributed by atoms with Crippen LogP contribution >= 0.6 is 0 Å². The summed E-state index contributed by atoms with van der Waals surface area (Å²) in [4.78, 5) is 0. The van der Waals surface area contributed by atoms with Crippen molar-refractivity contribution in [1.29, 1.82) is 0 Å². The van der Waals surface area contributed by atoms with Gasteiger partial charge in [-0.3, -0.25) is 0 Å². The normalized spacial score (nSPS) is 25.3. The Balaban J connectivity index is 0.000000853. The number of hydrogen-bond donors (Lipinski definition) is 0. The molecule has 1 saturated heterocycles. The Kier molecular flexibility index (Phi) is 2.99. The van der Waals surface area contributed by atoms with Crippen LogP contribution < -0.4 is 0 Å². The monoisotopic (exact) mass is 208 g/mol. The number of hydrogen-bond acceptors (Lipinski definition) is 0. The molecule has 1 heterocycles. The molecule has 0 spiro atoms. The summed E-state index contributed by atoms with van der Waals surface area (Å²) in [6.07, 6.45) is 6.28. The van der Waals surface area contributed by atoms with Crippen molar-refractivity contribution in [2.75, 3.05) is 0 Å². The summed E-state index contributed by atoms with van der Waals surface area (Å²) in [5.41, 5.74) is 3.91. The van der Waals surface area contributed by atoms with Crippen molar-refractivity contribution in [3.05, 3.63) is 41.5 Å². The molecule has 1 aliphatic heterocycles. The minimum absolute atomic E-state index is 0. The van der Waals surface area contributed by atoms with Crippen LogP contribution in [0.2, 0.25) is 18.6 Å². The van der Waals surface area contributed by atoms with Crippen LogP contribution in [0.5, 0.6) is 0 Å². The average molecular weight is 208 g/mol. The molecule has 2 heteroatoms. The van der Waals surface area contributed by atoms with E-state index in [-0.39, 0.29) is 18.9 Å². The Morgan fingerprint density at radius 2 is 1.93 bits per heavy atom. The molecule has 1 aromatic carbocycles. The maximum atomic E-state index is 2.58. The molecule has 3 rings (SSSR count). The van der Waals surface area contributed by atoms with Gasteiger partial charge in [-0.15, -0.1) is 0 Å². The molecule has 0 radical (unpaired) electrons. The van der Waals surface area contributed by atoms with E-state index >= 15 is 0 Å². The van der Waals surface area contributed by atoms with Gasteiger partial charge in [0, 0.05) is 0 Å². The molecule has 1 unspecified atom stereocenters. The van der Waals surface area contributed by atoms with E-state index in [2.05, 4.69) is 43.0 Å². The molecule has 1 fully saturated rings. The van der Waals surface area contributed by atoms with Gasteiger partial charge in [0.15, 0.2) is 0 Å². The quantitative estimate of drug-likeness (QED) is 0.622. The second-order valence-electron chi connectivity index (χ2n) is 4.97. The molecule has 74 valence electrons. The molecule has 0 amide bonds. The summed E-state index contributed by atoms with van der Waals surface area (Å²) in [6.45, 7) is 2.58. The van der Waals surface area contributed by atoms with Gasteiger partial charge in [0.25, 0.3) is 0 Å². The van der Waals surface area contributed by atoms with Gasteiger partial charge < -0.3 is 0 Å². The fraction of sp³-hybridized carbons (Fsp3) is 0.385. The SMILES string of the molecule is C[Si]1(C2C=Cc3ccccc32)CCC1.[LiH]. The van der Waals surface area contributed by atoms with Crippen LogP contribution in [0.4, 0.5) is 0 Å². The molecule has 0 nitrogen and oxygen atoms in total. The van der Waals surface area contributed by atoms with Crippen LogP contribution in [0.25, 0.3) is 6.08 Å². The van der Waals surface area contributed by atoms with Crippen LogP contribution in [-0.4, -0.2) is 26.9 Å². The molecule has 2 aliphatic rings. The predicted molar refractivity (Wildman–Crippen MR) is 71.2 cm³/mol. The van der Waals surface area contributed by atoms with Crippen LogP contribution in [0.3, 0.4) is 0 Å². The predicted octanol–water partition coefficient (Wildman–Crippen LogP) is 3.17. The van der Waals surface area contributed by atoms with E-state index < -0.39 is 8.07 Å². The molecule has 1 atom stereocenters. The molecular weight excluding hydrogens is 191 g/mol. The van der Waals surface area contributed by atoms with E-state index in [1.807, 2.05) is 0 Å². The first-order chi connectivity index (χ1) is 6.80. The number of allylic oxidation sites excluding steroid dienone is 1. The van der Waals surface area contributed by atoms with E-state index in [1.54, 1.807) is 5.56 Å². The summed E-state index contributed by atoms with van der Waals surface area (Å²) in [5, 5.41) is 0. The second kappa shape index (κ2) is 3.98. The Labute approximate surface area is 105 Å². The fourth-order valence-electron chi connectivity index (χ4n) is 2.90. The van der Waals surface area contributed by atoms with Crippen LogP contribution in [0.1, 0.15) is 23.1 Å². The van der Waals surface area contributed by atoms with Gasteiger partial charge in [-0.05, 0) is 16.7 Å². The summed E-state index contributed by atoms with van der Waals surface area (Å²) < 4.78 is 0. The third-order valence-corrected chi connectivity index (χ3v) is 9.04. The first-order valence-corrected chi connectivity index (χ1v) is 8.56. The Hall–Kier alpha value is -0.226. The number of benzene rings is 1. The number of rotatable bonds is 1. The molecule has 0 aromatic heterocycles. The Morgan fingerprint density at radius 3 is 2.60 bits per heavy atom. The van der Waals surface area contributed by atoms with Gasteiger partial charge in [-0.1, -0.05) is 61.5 Å². The van der Waals surface area contributed by atoms with Crippen molar-refractivity contribution in [3.63, 3.8) is 0 Å². The van der Waals surface area contributed by atoms with Gasteiger partial charge in [0.05, 0.1) is 8.07 Å². The molecule has 15 heavy (non-hydrogen) atoms. The fourth-order valence-corrected chi connectivity index (χ4v) is 6.57. The third-order valence-electron chi connectivity index (χ3n) is 4.05. The van der Waals surface area contributed by atoms with Crippen molar-refractivity contribution in [3.8, 4) is 0 Å². The Bertz CT molecular complexity index is 393. The van der Waals surface area contributed by atoms with Crippen molar-refractivity contribution in [2.24, 2.45) is 0 Å². The summed E-state index contributed by atoms with van der Waals surface area (Å²) in [6, 6.07) is 12.0. The summed E-state index contributed by atoms with van der Waals surface area (Å²) in [5.74, 6) is 0. The van der Waals surface area contributed by atoms with Gasteiger partial charge in [-0.25, -0.2) is 0 Å². The second-order valence-corrected chi connectivity index (χ2v) is 9.90. The molecule has 0 saturated carbocycles. The van der Waals surface area contributed by atoms with E-state index in [9.17, 15) is 0 Å². The number of fused-ring (bicyclic) bond motifs is 1. The van der Waals surface area contributed by atoms with Gasteiger partial charge >= 0.3 is 18.9 Å². The maximum absolute atomic E-state index is 2.58. The molecule has 0 N–H and O–H groups in total. The summed E-state index contributed by atoms with van der Waals surface area (Å²) >= 11 is 0. The van der Waals surface area contributed by atoms with Crippen molar-refractivity contribution >= 4 is 33.0 Å². The van der Waals surface area contributed by atoms with Gasteiger partial charge in [0.2, 0.25) is 0 Å². The van der Waals surface area contributed by atoms with E-state index in [1.165, 1.54) is 24.1 Å². The van der Waals surface area contributed by atoms with Crippen molar-refractivity contribution < 1.29 is 0 Å².